The molecule has 3 saturated heterocycles. The number of piperidine rings is 1. The highest BCUT2D eigenvalue weighted by Gasteiger charge is 2.49. The lowest BCUT2D eigenvalue weighted by Crippen LogP contribution is -2.64. The number of nitrogens with one attached hydrogen (secondary N) is 3. The van der Waals surface area contributed by atoms with Gasteiger partial charge in [0.2, 0.25) is 11.8 Å². The second-order valence-corrected chi connectivity index (χ2v) is 11.9. The van der Waals surface area contributed by atoms with Gasteiger partial charge in [0.05, 0.1) is 38.5 Å². The lowest BCUT2D eigenvalue weighted by molar-refractivity contribution is -0.172. The van der Waals surface area contributed by atoms with Gasteiger partial charge in [-0.25, -0.2) is 18.6 Å². The average molecular weight is 588 g/mol. The topological polar surface area (TPSA) is 112 Å². The number of ether oxygens (including phenoxy) is 1. The van der Waals surface area contributed by atoms with Crippen LogP contribution in [0.4, 0.5) is 13.2 Å². The third-order valence-corrected chi connectivity index (χ3v) is 9.22. The van der Waals surface area contributed by atoms with Gasteiger partial charge < -0.3 is 15.0 Å². The van der Waals surface area contributed by atoms with Crippen molar-refractivity contribution in [1.29, 1.82) is 0 Å². The summed E-state index contributed by atoms with van der Waals surface area (Å²) in [6.45, 7) is -0.876. The number of halogens is 3. The predicted octanol–water partition coefficient (Wildman–Crippen LogP) is 2.18. The fraction of sp³-hybridized carbons (Fsp3) is 0.586. The minimum atomic E-state index is -2.88. The lowest BCUT2D eigenvalue weighted by atomic mass is 9.74. The number of aromatic nitrogens is 2. The van der Waals surface area contributed by atoms with Crippen LogP contribution in [0.5, 0.6) is 5.75 Å². The molecule has 42 heavy (non-hydrogen) atoms. The van der Waals surface area contributed by atoms with Crippen molar-refractivity contribution in [3.05, 3.63) is 53.6 Å². The number of amides is 2. The van der Waals surface area contributed by atoms with Crippen LogP contribution in [-0.2, 0) is 16.1 Å². The third kappa shape index (κ3) is 5.82. The molecule has 6 rings (SSSR count). The monoisotopic (exact) mass is 587 g/mol. The first-order valence-electron chi connectivity index (χ1n) is 14.5. The molecule has 3 aliphatic heterocycles. The van der Waals surface area contributed by atoms with Gasteiger partial charge in [-0.15, -0.1) is 0 Å². The molecule has 0 bridgehead atoms. The number of hydrazine groups is 1. The second kappa shape index (κ2) is 11.8. The largest absolute Gasteiger partial charge is 0.496 e. The van der Waals surface area contributed by atoms with Gasteiger partial charge in [-0.1, -0.05) is 6.07 Å². The highest BCUT2D eigenvalue weighted by atomic mass is 19.3. The van der Waals surface area contributed by atoms with E-state index < -0.39 is 36.8 Å². The Hall–Kier alpha value is -3.29. The van der Waals surface area contributed by atoms with Crippen molar-refractivity contribution in [2.24, 2.45) is 11.8 Å². The molecule has 4 fully saturated rings. The summed E-state index contributed by atoms with van der Waals surface area (Å²) in [5, 5.41) is 11.1. The summed E-state index contributed by atoms with van der Waals surface area (Å²) in [5.74, 6) is -3.39. The van der Waals surface area contributed by atoms with E-state index in [0.29, 0.717) is 25.0 Å². The normalized spacial score (nSPS) is 30.7. The minimum absolute atomic E-state index is 0.0303. The van der Waals surface area contributed by atoms with Crippen LogP contribution in [0, 0.1) is 17.7 Å². The number of likely N-dealkylation sites (tertiary alicyclic amines) is 2. The van der Waals surface area contributed by atoms with E-state index in [1.54, 1.807) is 29.4 Å². The molecule has 6 atom stereocenters. The maximum absolute atomic E-state index is 14.9. The van der Waals surface area contributed by atoms with Gasteiger partial charge in [-0.05, 0) is 61.8 Å². The number of carbonyl (C=O) groups excluding carboxylic acids is 2. The third-order valence-electron chi connectivity index (χ3n) is 9.22. The fourth-order valence-electron chi connectivity index (χ4n) is 7.01. The maximum Gasteiger partial charge on any atom is 0.282 e. The van der Waals surface area contributed by atoms with E-state index >= 15 is 0 Å². The second-order valence-electron chi connectivity index (χ2n) is 11.9. The summed E-state index contributed by atoms with van der Waals surface area (Å²) in [6, 6.07) is 5.77. The molecule has 13 heteroatoms. The molecular weight excluding hydrogens is 551 g/mol. The molecule has 2 amide bonds. The molecule has 1 saturated carbocycles. The van der Waals surface area contributed by atoms with Crippen molar-refractivity contribution in [2.75, 3.05) is 26.7 Å². The molecule has 0 radical (unpaired) electrons. The van der Waals surface area contributed by atoms with E-state index in [4.69, 9.17) is 4.74 Å². The van der Waals surface area contributed by atoms with Crippen molar-refractivity contribution in [1.82, 2.24) is 36.2 Å². The summed E-state index contributed by atoms with van der Waals surface area (Å²) < 4.78 is 47.4. The summed E-state index contributed by atoms with van der Waals surface area (Å²) in [5.41, 5.74) is 8.04. The molecule has 3 N–H and O–H groups in total. The summed E-state index contributed by atoms with van der Waals surface area (Å²) in [4.78, 5) is 29.7. The number of nitrogens with zero attached hydrogens (tertiary/aromatic N) is 4. The molecule has 1 aromatic heterocycles. The van der Waals surface area contributed by atoms with Gasteiger partial charge in [0.25, 0.3) is 5.92 Å². The molecule has 0 spiro atoms. The van der Waals surface area contributed by atoms with E-state index in [0.717, 1.165) is 23.3 Å². The van der Waals surface area contributed by atoms with Crippen LogP contribution in [-0.4, -0.2) is 82.6 Å². The zero-order chi connectivity index (χ0) is 29.4. The molecule has 226 valence electrons. The molecule has 10 nitrogen and oxygen atoms in total. The molecule has 4 unspecified atom stereocenters. The van der Waals surface area contributed by atoms with Gasteiger partial charge >= 0.3 is 0 Å². The number of alkyl halides is 2. The zero-order valence-electron chi connectivity index (χ0n) is 23.4. The van der Waals surface area contributed by atoms with Crippen molar-refractivity contribution in [3.8, 4) is 5.75 Å². The Morgan fingerprint density at radius 2 is 1.95 bits per heavy atom. The van der Waals surface area contributed by atoms with Gasteiger partial charge in [-0.3, -0.25) is 19.9 Å². The molecule has 4 heterocycles. The van der Waals surface area contributed by atoms with Crippen LogP contribution in [0.15, 0.2) is 36.7 Å². The Balaban J connectivity index is 1.14. The quantitative estimate of drug-likeness (QED) is 0.452. The van der Waals surface area contributed by atoms with E-state index in [1.165, 1.54) is 13.2 Å². The number of hydrogen-bond donors (Lipinski definition) is 3. The Morgan fingerprint density at radius 1 is 1.12 bits per heavy atom. The molecule has 1 aromatic carbocycles. The fourth-order valence-corrected chi connectivity index (χ4v) is 7.01. The zero-order valence-corrected chi connectivity index (χ0v) is 23.4. The van der Waals surface area contributed by atoms with Crippen molar-refractivity contribution < 1.29 is 27.5 Å². The highest BCUT2D eigenvalue weighted by Crippen LogP contribution is 2.40. The summed E-state index contributed by atoms with van der Waals surface area (Å²) in [6.07, 6.45) is 6.59. The Kier molecular flexibility index (Phi) is 8.07. The van der Waals surface area contributed by atoms with Crippen molar-refractivity contribution in [2.45, 2.75) is 68.7 Å². The first-order valence-corrected chi connectivity index (χ1v) is 14.5. The summed E-state index contributed by atoms with van der Waals surface area (Å²) in [7, 11) is 1.45. The number of fused-ring (bicyclic) bond motifs is 1. The van der Waals surface area contributed by atoms with Crippen LogP contribution in [0.2, 0.25) is 0 Å². The van der Waals surface area contributed by atoms with Gasteiger partial charge in [0.15, 0.2) is 0 Å². The predicted molar refractivity (Wildman–Crippen MR) is 146 cm³/mol. The maximum atomic E-state index is 14.9. The lowest BCUT2D eigenvalue weighted by Gasteiger charge is -2.45. The molecular formula is C29H36F3N7O3. The van der Waals surface area contributed by atoms with E-state index in [-0.39, 0.29) is 54.5 Å². The van der Waals surface area contributed by atoms with Crippen LogP contribution in [0.25, 0.3) is 0 Å². The number of benzene rings is 1. The van der Waals surface area contributed by atoms with Gasteiger partial charge in [-0.2, -0.15) is 10.2 Å². The van der Waals surface area contributed by atoms with Crippen LogP contribution in [0.3, 0.4) is 0 Å². The standard InChI is InChI=1S/C29H36F3N7O3/c1-42-25-4-2-3-22(30)21(25)14-38-13-19(6-8-24(38)28(41)39-15-29(31,32)16-39)35-27(40)17-5-7-23-20(11-17)26(37-36-23)18-9-10-33-34-12-18/h2-4,9-10,12,17,19-20,23-24,26,36-37H,5-8,11,13-16H2,1H3,(H,35,40)/t17?,19-,20?,23?,24+,26?/m1/s1. The minimum Gasteiger partial charge on any atom is -0.496 e. The molecule has 4 aliphatic rings. The SMILES string of the molecule is COc1cccc(F)c1CN1C[C@H](NC(=O)C2CCC3NNC(c4ccnnc4)C3C2)CC[C@H]1C(=O)N1CC(F)(F)C1. The molecule has 1 aliphatic carbocycles. The van der Waals surface area contributed by atoms with E-state index in [9.17, 15) is 22.8 Å². The highest BCUT2D eigenvalue weighted by molar-refractivity contribution is 5.83. The Morgan fingerprint density at radius 3 is 2.69 bits per heavy atom. The van der Waals surface area contributed by atoms with E-state index in [2.05, 4.69) is 26.4 Å². The van der Waals surface area contributed by atoms with Crippen molar-refractivity contribution in [3.63, 3.8) is 0 Å². The number of methoxy groups -OCH3 is 1. The first kappa shape index (κ1) is 28.8. The van der Waals surface area contributed by atoms with Crippen LogP contribution >= 0.6 is 0 Å². The van der Waals surface area contributed by atoms with Crippen molar-refractivity contribution >= 4 is 11.8 Å². The van der Waals surface area contributed by atoms with Crippen LogP contribution < -0.4 is 20.9 Å². The summed E-state index contributed by atoms with van der Waals surface area (Å²) >= 11 is 0. The number of carbonyl (C=O) groups is 2. The first-order chi connectivity index (χ1) is 20.2. The average Bonchev–Trinajstić information content (AvgIpc) is 3.40. The van der Waals surface area contributed by atoms with E-state index in [1.807, 2.05) is 6.07 Å². The van der Waals surface area contributed by atoms with Crippen LogP contribution in [0.1, 0.15) is 49.3 Å². The number of hydrogen-bond acceptors (Lipinski definition) is 8. The Labute approximate surface area is 242 Å². The number of rotatable bonds is 7. The smallest absolute Gasteiger partial charge is 0.282 e. The van der Waals surface area contributed by atoms with Gasteiger partial charge in [0.1, 0.15) is 11.6 Å². The molecule has 2 aromatic rings. The van der Waals surface area contributed by atoms with Gasteiger partial charge in [0, 0.05) is 42.9 Å². The Bertz CT molecular complexity index is 1290.